The van der Waals surface area contributed by atoms with Crippen LogP contribution in [0.4, 0.5) is 5.13 Å². The molecule has 0 bridgehead atoms. The Morgan fingerprint density at radius 1 is 1.29 bits per heavy atom. The molecule has 0 aliphatic heterocycles. The predicted molar refractivity (Wildman–Crippen MR) is 57.7 cm³/mol. The number of anilines is 1. The maximum Gasteiger partial charge on any atom is 0.202 e. The summed E-state index contributed by atoms with van der Waals surface area (Å²) in [4.78, 5) is 4.50. The van der Waals surface area contributed by atoms with Crippen molar-refractivity contribution >= 4 is 16.7 Å². The zero-order chi connectivity index (χ0) is 9.38. The first kappa shape index (κ1) is 8.65. The van der Waals surface area contributed by atoms with Crippen molar-refractivity contribution in [2.45, 2.75) is 38.0 Å². The Bertz CT molecular complexity index is 315. The summed E-state index contributed by atoms with van der Waals surface area (Å²) in [6.45, 7) is 1.10. The van der Waals surface area contributed by atoms with Gasteiger partial charge in [0.05, 0.1) is 0 Å². The van der Waals surface area contributed by atoms with E-state index in [9.17, 15) is 0 Å². The van der Waals surface area contributed by atoms with E-state index >= 15 is 0 Å². The van der Waals surface area contributed by atoms with E-state index in [2.05, 4.69) is 14.7 Å². The van der Waals surface area contributed by atoms with Gasteiger partial charge in [-0.05, 0) is 31.6 Å². The first-order valence-corrected chi connectivity index (χ1v) is 6.26. The number of hydrogen-bond donors (Lipinski definition) is 1. The van der Waals surface area contributed by atoms with Gasteiger partial charge < -0.3 is 5.32 Å². The van der Waals surface area contributed by atoms with Crippen LogP contribution in [-0.2, 0) is 0 Å². The lowest BCUT2D eigenvalue weighted by atomic mass is 9.86. The van der Waals surface area contributed by atoms with Crippen molar-refractivity contribution in [2.24, 2.45) is 5.92 Å². The Balaban J connectivity index is 1.54. The Morgan fingerprint density at radius 2 is 2.14 bits per heavy atom. The Labute approximate surface area is 88.1 Å². The van der Waals surface area contributed by atoms with Crippen LogP contribution in [0.25, 0.3) is 0 Å². The maximum atomic E-state index is 4.50. The van der Waals surface area contributed by atoms with Gasteiger partial charge >= 0.3 is 0 Å². The Hall–Kier alpha value is -0.640. The molecule has 0 radical (unpaired) electrons. The SMILES string of the molecule is C1CC(CNc2nc(C3CC3)ns2)C1. The molecule has 2 aliphatic rings. The molecule has 1 aromatic heterocycles. The van der Waals surface area contributed by atoms with Crippen LogP contribution in [0.3, 0.4) is 0 Å². The van der Waals surface area contributed by atoms with Crippen molar-refractivity contribution in [3.05, 3.63) is 5.82 Å². The van der Waals surface area contributed by atoms with Crippen molar-refractivity contribution in [3.8, 4) is 0 Å². The van der Waals surface area contributed by atoms with Gasteiger partial charge in [0.2, 0.25) is 5.13 Å². The van der Waals surface area contributed by atoms with E-state index in [4.69, 9.17) is 0 Å². The molecule has 0 saturated heterocycles. The van der Waals surface area contributed by atoms with Gasteiger partial charge in [0.1, 0.15) is 5.82 Å². The smallest absolute Gasteiger partial charge is 0.202 e. The monoisotopic (exact) mass is 209 g/mol. The predicted octanol–water partition coefficient (Wildman–Crippen LogP) is 2.63. The summed E-state index contributed by atoms with van der Waals surface area (Å²) in [5, 5.41) is 4.42. The fourth-order valence-electron chi connectivity index (χ4n) is 1.74. The highest BCUT2D eigenvalue weighted by molar-refractivity contribution is 7.09. The van der Waals surface area contributed by atoms with Gasteiger partial charge in [0.25, 0.3) is 0 Å². The van der Waals surface area contributed by atoms with Crippen LogP contribution in [0.5, 0.6) is 0 Å². The fourth-order valence-corrected chi connectivity index (χ4v) is 2.39. The van der Waals surface area contributed by atoms with Gasteiger partial charge in [-0.2, -0.15) is 4.37 Å². The van der Waals surface area contributed by atoms with E-state index in [-0.39, 0.29) is 0 Å². The molecule has 0 aromatic carbocycles. The molecule has 3 rings (SSSR count). The highest BCUT2D eigenvalue weighted by atomic mass is 32.1. The molecule has 2 saturated carbocycles. The van der Waals surface area contributed by atoms with Gasteiger partial charge in [0, 0.05) is 24.0 Å². The van der Waals surface area contributed by atoms with E-state index < -0.39 is 0 Å². The number of rotatable bonds is 4. The first-order valence-electron chi connectivity index (χ1n) is 5.49. The molecule has 0 amide bonds. The van der Waals surface area contributed by atoms with Gasteiger partial charge in [-0.3, -0.25) is 0 Å². The largest absolute Gasteiger partial charge is 0.360 e. The highest BCUT2D eigenvalue weighted by Gasteiger charge is 2.27. The van der Waals surface area contributed by atoms with Crippen LogP contribution in [0, 0.1) is 5.92 Å². The lowest BCUT2D eigenvalue weighted by molar-refractivity contribution is 0.333. The van der Waals surface area contributed by atoms with Crippen LogP contribution >= 0.6 is 11.5 Å². The van der Waals surface area contributed by atoms with Crippen molar-refractivity contribution in [2.75, 3.05) is 11.9 Å². The standard InChI is InChI=1S/C10H15N3S/c1-2-7(3-1)6-11-10-12-9(13-14-10)8-4-5-8/h7-8H,1-6H2,(H,11,12,13). The minimum atomic E-state index is 0.686. The molecular weight excluding hydrogens is 194 g/mol. The van der Waals surface area contributed by atoms with Crippen LogP contribution in [0.15, 0.2) is 0 Å². The lowest BCUT2D eigenvalue weighted by Gasteiger charge is -2.24. The summed E-state index contributed by atoms with van der Waals surface area (Å²) < 4.78 is 4.37. The lowest BCUT2D eigenvalue weighted by Crippen LogP contribution is -2.20. The molecular formula is C10H15N3S. The third kappa shape index (κ3) is 1.75. The molecule has 14 heavy (non-hydrogen) atoms. The Morgan fingerprint density at radius 3 is 2.79 bits per heavy atom. The van der Waals surface area contributed by atoms with Crippen molar-refractivity contribution < 1.29 is 0 Å². The summed E-state index contributed by atoms with van der Waals surface area (Å²) in [6.07, 6.45) is 6.77. The van der Waals surface area contributed by atoms with Gasteiger partial charge in [-0.15, -0.1) is 0 Å². The first-order chi connectivity index (χ1) is 6.92. The summed E-state index contributed by atoms with van der Waals surface area (Å²) in [7, 11) is 0. The van der Waals surface area contributed by atoms with Crippen LogP contribution in [-0.4, -0.2) is 15.9 Å². The molecule has 76 valence electrons. The molecule has 4 heteroatoms. The van der Waals surface area contributed by atoms with Gasteiger partial charge in [0.15, 0.2) is 0 Å². The minimum absolute atomic E-state index is 0.686. The number of nitrogens with one attached hydrogen (secondary N) is 1. The van der Waals surface area contributed by atoms with Crippen molar-refractivity contribution in [1.82, 2.24) is 9.36 Å². The second-order valence-electron chi connectivity index (χ2n) is 4.41. The molecule has 1 N–H and O–H groups in total. The number of hydrogen-bond acceptors (Lipinski definition) is 4. The van der Waals surface area contributed by atoms with E-state index in [1.807, 2.05) is 0 Å². The quantitative estimate of drug-likeness (QED) is 0.828. The third-order valence-corrected chi connectivity index (χ3v) is 3.84. The molecule has 0 unspecified atom stereocenters. The zero-order valence-electron chi connectivity index (χ0n) is 8.20. The molecule has 1 heterocycles. The minimum Gasteiger partial charge on any atom is -0.360 e. The van der Waals surface area contributed by atoms with Crippen molar-refractivity contribution in [1.29, 1.82) is 0 Å². The average Bonchev–Trinajstić information content (AvgIpc) is 2.85. The molecule has 2 fully saturated rings. The topological polar surface area (TPSA) is 37.8 Å². The fraction of sp³-hybridized carbons (Fsp3) is 0.800. The molecule has 0 atom stereocenters. The molecule has 0 spiro atoms. The zero-order valence-corrected chi connectivity index (χ0v) is 9.02. The summed E-state index contributed by atoms with van der Waals surface area (Å²) in [5.41, 5.74) is 0. The van der Waals surface area contributed by atoms with Crippen LogP contribution in [0.2, 0.25) is 0 Å². The summed E-state index contributed by atoms with van der Waals surface area (Å²) >= 11 is 1.52. The normalized spacial score (nSPS) is 22.0. The van der Waals surface area contributed by atoms with E-state index in [1.165, 1.54) is 43.6 Å². The van der Waals surface area contributed by atoms with Crippen molar-refractivity contribution in [3.63, 3.8) is 0 Å². The number of nitrogens with zero attached hydrogens (tertiary/aromatic N) is 2. The second-order valence-corrected chi connectivity index (χ2v) is 5.16. The van der Waals surface area contributed by atoms with Crippen LogP contribution < -0.4 is 5.32 Å². The van der Waals surface area contributed by atoms with E-state index in [1.54, 1.807) is 0 Å². The summed E-state index contributed by atoms with van der Waals surface area (Å²) in [5.74, 6) is 2.65. The molecule has 3 nitrogen and oxygen atoms in total. The Kier molecular flexibility index (Phi) is 2.16. The maximum absolute atomic E-state index is 4.50. The number of aromatic nitrogens is 2. The molecule has 1 aromatic rings. The molecule has 2 aliphatic carbocycles. The third-order valence-electron chi connectivity index (χ3n) is 3.15. The second kappa shape index (κ2) is 3.50. The van der Waals surface area contributed by atoms with Gasteiger partial charge in [-0.25, -0.2) is 4.98 Å². The summed E-state index contributed by atoms with van der Waals surface area (Å²) in [6, 6.07) is 0. The van der Waals surface area contributed by atoms with Crippen LogP contribution in [0.1, 0.15) is 43.8 Å². The van der Waals surface area contributed by atoms with Gasteiger partial charge in [-0.1, -0.05) is 6.42 Å². The highest BCUT2D eigenvalue weighted by Crippen LogP contribution is 2.39. The average molecular weight is 209 g/mol. The van der Waals surface area contributed by atoms with E-state index in [0.29, 0.717) is 5.92 Å². The van der Waals surface area contributed by atoms with E-state index in [0.717, 1.165) is 23.4 Å².